The Kier molecular flexibility index (Phi) is 14.0. The number of hydrogen-bond acceptors (Lipinski definition) is 8. The number of imidazole rings is 1. The summed E-state index contributed by atoms with van der Waals surface area (Å²) in [4.78, 5) is 20.4. The zero-order chi connectivity index (χ0) is 36.1. The minimum atomic E-state index is 0.328. The van der Waals surface area contributed by atoms with E-state index in [2.05, 4.69) is 85.7 Å². The Morgan fingerprint density at radius 3 is 1.94 bits per heavy atom. The number of rotatable bonds is 19. The lowest BCUT2D eigenvalue weighted by Gasteiger charge is -2.33. The van der Waals surface area contributed by atoms with E-state index >= 15 is 0 Å². The van der Waals surface area contributed by atoms with Crippen molar-refractivity contribution in [3.05, 3.63) is 78.1 Å². The van der Waals surface area contributed by atoms with Crippen LogP contribution in [0.25, 0.3) is 11.2 Å². The molecule has 0 spiro atoms. The van der Waals surface area contributed by atoms with E-state index in [1.807, 2.05) is 6.33 Å². The van der Waals surface area contributed by atoms with Gasteiger partial charge in [-0.2, -0.15) is 9.97 Å². The predicted molar refractivity (Wildman–Crippen MR) is 220 cm³/mol. The highest BCUT2D eigenvalue weighted by Gasteiger charge is 2.26. The Bertz CT molecular complexity index is 1580. The van der Waals surface area contributed by atoms with Gasteiger partial charge in [-0.05, 0) is 127 Å². The second kappa shape index (κ2) is 19.7. The first kappa shape index (κ1) is 37.8. The molecular formula is C44H65N9. The molecule has 286 valence electrons. The van der Waals surface area contributed by atoms with Crippen LogP contribution in [0.5, 0.6) is 0 Å². The van der Waals surface area contributed by atoms with Gasteiger partial charge in [-0.1, -0.05) is 79.9 Å². The summed E-state index contributed by atoms with van der Waals surface area (Å²) in [6.45, 7) is 7.08. The SMILES string of the molecule is NC1CCC(Nc2nc(NC3CCN(CCCCCN(CCCc4ccccc4)CCCc4ccccc4)CC3)c3ncn(C4CCCC4)c3n2)CC1. The molecule has 4 aromatic rings. The first-order valence-electron chi connectivity index (χ1n) is 21.2. The van der Waals surface area contributed by atoms with Gasteiger partial charge in [0.05, 0.1) is 6.33 Å². The summed E-state index contributed by atoms with van der Waals surface area (Å²) in [6.07, 6.45) is 22.2. The second-order valence-electron chi connectivity index (χ2n) is 16.3. The third-order valence-corrected chi connectivity index (χ3v) is 12.2. The topological polar surface area (TPSA) is 100 Å². The van der Waals surface area contributed by atoms with Crippen LogP contribution in [0.2, 0.25) is 0 Å². The van der Waals surface area contributed by atoms with Crippen molar-refractivity contribution in [2.75, 3.05) is 49.9 Å². The number of nitrogens with two attached hydrogens (primary N) is 1. The van der Waals surface area contributed by atoms with E-state index in [-0.39, 0.29) is 0 Å². The van der Waals surface area contributed by atoms with Crippen molar-refractivity contribution >= 4 is 22.9 Å². The highest BCUT2D eigenvalue weighted by atomic mass is 15.2. The highest BCUT2D eigenvalue weighted by molar-refractivity contribution is 5.84. The molecular weight excluding hydrogens is 655 g/mol. The molecule has 1 saturated heterocycles. The number of aryl methyl sites for hydroxylation is 2. The van der Waals surface area contributed by atoms with Gasteiger partial charge in [-0.25, -0.2) is 4.98 Å². The number of benzene rings is 2. The van der Waals surface area contributed by atoms with Gasteiger partial charge in [0.2, 0.25) is 5.95 Å². The smallest absolute Gasteiger partial charge is 0.227 e. The molecule has 2 aromatic carbocycles. The van der Waals surface area contributed by atoms with Crippen molar-refractivity contribution in [1.29, 1.82) is 0 Å². The number of likely N-dealkylation sites (tertiary alicyclic amines) is 1. The molecule has 0 atom stereocenters. The zero-order valence-electron chi connectivity index (χ0n) is 32.2. The van der Waals surface area contributed by atoms with Crippen molar-refractivity contribution in [2.24, 2.45) is 5.73 Å². The summed E-state index contributed by atoms with van der Waals surface area (Å²) >= 11 is 0. The maximum atomic E-state index is 6.20. The molecule has 2 saturated carbocycles. The third kappa shape index (κ3) is 11.2. The van der Waals surface area contributed by atoms with Gasteiger partial charge in [0, 0.05) is 37.3 Å². The fourth-order valence-corrected chi connectivity index (χ4v) is 8.96. The number of aromatic nitrogens is 4. The van der Waals surface area contributed by atoms with Crippen molar-refractivity contribution in [1.82, 2.24) is 29.3 Å². The van der Waals surface area contributed by atoms with E-state index in [1.165, 1.54) is 108 Å². The summed E-state index contributed by atoms with van der Waals surface area (Å²) < 4.78 is 2.33. The number of unbranched alkanes of at least 4 members (excludes halogenated alkanes) is 2. The van der Waals surface area contributed by atoms with E-state index in [4.69, 9.17) is 20.7 Å². The number of nitrogens with zero attached hydrogens (tertiary/aromatic N) is 6. The summed E-state index contributed by atoms with van der Waals surface area (Å²) in [5.74, 6) is 1.64. The third-order valence-electron chi connectivity index (χ3n) is 12.2. The van der Waals surface area contributed by atoms with E-state index in [0.717, 1.165) is 74.5 Å². The average Bonchev–Trinajstić information content (AvgIpc) is 3.88. The van der Waals surface area contributed by atoms with Crippen LogP contribution in [0.4, 0.5) is 11.8 Å². The van der Waals surface area contributed by atoms with Crippen molar-refractivity contribution < 1.29 is 0 Å². The summed E-state index contributed by atoms with van der Waals surface area (Å²) in [5, 5.41) is 7.55. The zero-order valence-corrected chi connectivity index (χ0v) is 32.2. The van der Waals surface area contributed by atoms with Gasteiger partial charge in [0.25, 0.3) is 0 Å². The monoisotopic (exact) mass is 720 g/mol. The molecule has 0 amide bonds. The van der Waals surface area contributed by atoms with Crippen LogP contribution >= 0.6 is 0 Å². The Morgan fingerprint density at radius 2 is 1.28 bits per heavy atom. The fourth-order valence-electron chi connectivity index (χ4n) is 8.96. The Hall–Kier alpha value is -3.53. The molecule has 3 fully saturated rings. The van der Waals surface area contributed by atoms with E-state index in [1.54, 1.807) is 0 Å². The van der Waals surface area contributed by atoms with Gasteiger partial charge < -0.3 is 30.7 Å². The largest absolute Gasteiger partial charge is 0.365 e. The second-order valence-corrected chi connectivity index (χ2v) is 16.3. The molecule has 9 nitrogen and oxygen atoms in total. The lowest BCUT2D eigenvalue weighted by molar-refractivity contribution is 0.211. The maximum absolute atomic E-state index is 6.20. The van der Waals surface area contributed by atoms with Gasteiger partial charge in [0.1, 0.15) is 0 Å². The number of nitrogens with one attached hydrogen (secondary N) is 2. The van der Waals surface area contributed by atoms with Gasteiger partial charge in [-0.3, -0.25) is 0 Å². The molecule has 0 unspecified atom stereocenters. The van der Waals surface area contributed by atoms with Crippen molar-refractivity contribution in [3.8, 4) is 0 Å². The molecule has 1 aliphatic heterocycles. The molecule has 3 heterocycles. The van der Waals surface area contributed by atoms with E-state index in [0.29, 0.717) is 24.2 Å². The van der Waals surface area contributed by atoms with Crippen LogP contribution in [-0.4, -0.2) is 86.7 Å². The van der Waals surface area contributed by atoms with Crippen molar-refractivity contribution in [3.63, 3.8) is 0 Å². The van der Waals surface area contributed by atoms with Crippen LogP contribution in [0.3, 0.4) is 0 Å². The first-order valence-corrected chi connectivity index (χ1v) is 21.2. The Morgan fingerprint density at radius 1 is 0.660 bits per heavy atom. The quantitative estimate of drug-likeness (QED) is 0.0834. The summed E-state index contributed by atoms with van der Waals surface area (Å²) in [6, 6.07) is 23.6. The Balaban J connectivity index is 0.862. The van der Waals surface area contributed by atoms with Crippen molar-refractivity contribution in [2.45, 2.75) is 133 Å². The maximum Gasteiger partial charge on any atom is 0.227 e. The molecule has 53 heavy (non-hydrogen) atoms. The van der Waals surface area contributed by atoms with E-state index < -0.39 is 0 Å². The summed E-state index contributed by atoms with van der Waals surface area (Å²) in [7, 11) is 0. The molecule has 0 radical (unpaired) electrons. The Labute approximate surface area is 318 Å². The van der Waals surface area contributed by atoms with Crippen LogP contribution in [0.1, 0.15) is 113 Å². The lowest BCUT2D eigenvalue weighted by atomic mass is 9.92. The number of piperidine rings is 1. The molecule has 7 rings (SSSR count). The average molecular weight is 720 g/mol. The van der Waals surface area contributed by atoms with Gasteiger partial charge in [-0.15, -0.1) is 0 Å². The van der Waals surface area contributed by atoms with Crippen LogP contribution in [0, 0.1) is 0 Å². The molecule has 2 aromatic heterocycles. The minimum absolute atomic E-state index is 0.328. The normalized spacial score (nSPS) is 20.4. The molecule has 0 bridgehead atoms. The highest BCUT2D eigenvalue weighted by Crippen LogP contribution is 2.34. The van der Waals surface area contributed by atoms with Crippen LogP contribution in [0.15, 0.2) is 67.0 Å². The standard InChI is InChI=1S/C44H65N9/c45-37-22-24-38(25-23-37)48-44-49-42(41-43(50-44)53(34-46-41)40-20-8-9-21-40)47-39-26-32-52(33-27-39)29-11-3-10-28-51(30-12-18-35-14-4-1-5-15-35)31-13-19-36-16-6-2-7-17-36/h1-2,4-7,14-17,34,37-40H,3,8-13,18-33,45H2,(H2,47,48,49,50). The minimum Gasteiger partial charge on any atom is -0.365 e. The van der Waals surface area contributed by atoms with Crippen LogP contribution < -0.4 is 16.4 Å². The van der Waals surface area contributed by atoms with Gasteiger partial charge >= 0.3 is 0 Å². The first-order chi connectivity index (χ1) is 26.2. The van der Waals surface area contributed by atoms with Gasteiger partial charge in [0.15, 0.2) is 17.0 Å². The number of anilines is 2. The molecule has 2 aliphatic carbocycles. The number of hydrogen-bond donors (Lipinski definition) is 3. The molecule has 4 N–H and O–H groups in total. The summed E-state index contributed by atoms with van der Waals surface area (Å²) in [5.41, 5.74) is 11.0. The van der Waals surface area contributed by atoms with Crippen LogP contribution in [-0.2, 0) is 12.8 Å². The number of fused-ring (bicyclic) bond motifs is 1. The predicted octanol–water partition coefficient (Wildman–Crippen LogP) is 8.24. The molecule has 9 heteroatoms. The lowest BCUT2D eigenvalue weighted by Crippen LogP contribution is -2.39. The molecule has 3 aliphatic rings. The van der Waals surface area contributed by atoms with E-state index in [9.17, 15) is 0 Å². The fraction of sp³-hybridized carbons (Fsp3) is 0.614.